The van der Waals surface area contributed by atoms with Crippen LogP contribution in [-0.4, -0.2) is 0 Å². The van der Waals surface area contributed by atoms with Gasteiger partial charge < -0.3 is 0 Å². The third kappa shape index (κ3) is 4.83. The molecule has 1 saturated carbocycles. The first-order chi connectivity index (χ1) is 7.95. The summed E-state index contributed by atoms with van der Waals surface area (Å²) in [6.07, 6.45) is 10.1. The van der Waals surface area contributed by atoms with Crippen LogP contribution in [0.25, 0.3) is 0 Å². The minimum absolute atomic E-state index is 1.02. The van der Waals surface area contributed by atoms with Crippen LogP contribution in [0.2, 0.25) is 0 Å². The molecule has 0 heterocycles. The largest absolute Gasteiger partial charge is 0.0683 e. The standard InChI is InChI=1S/C14H20.C2H6/c1-3-7-13(8-4-1)11-12-14-9-5-2-6-10-14;1-2/h1,3-4,7-8,14H,2,5-6,9-12H2;1-2H3. The van der Waals surface area contributed by atoms with Gasteiger partial charge in [0.05, 0.1) is 0 Å². The highest BCUT2D eigenvalue weighted by Crippen LogP contribution is 2.27. The van der Waals surface area contributed by atoms with E-state index in [2.05, 4.69) is 30.3 Å². The lowest BCUT2D eigenvalue weighted by Gasteiger charge is -2.21. The van der Waals surface area contributed by atoms with Gasteiger partial charge in [0.15, 0.2) is 0 Å². The van der Waals surface area contributed by atoms with Crippen LogP contribution in [0.3, 0.4) is 0 Å². The van der Waals surface area contributed by atoms with Crippen molar-refractivity contribution in [1.82, 2.24) is 0 Å². The number of rotatable bonds is 3. The van der Waals surface area contributed by atoms with E-state index in [1.54, 1.807) is 0 Å². The Morgan fingerprint density at radius 1 is 0.938 bits per heavy atom. The molecule has 0 atom stereocenters. The molecule has 1 aliphatic carbocycles. The number of aryl methyl sites for hydroxylation is 1. The van der Waals surface area contributed by atoms with E-state index in [0.717, 1.165) is 5.92 Å². The highest BCUT2D eigenvalue weighted by atomic mass is 14.2. The van der Waals surface area contributed by atoms with E-state index in [-0.39, 0.29) is 0 Å². The number of hydrogen-bond donors (Lipinski definition) is 0. The molecule has 0 unspecified atom stereocenters. The van der Waals surface area contributed by atoms with Crippen molar-refractivity contribution in [3.63, 3.8) is 0 Å². The summed E-state index contributed by atoms with van der Waals surface area (Å²) in [6.45, 7) is 4.00. The van der Waals surface area contributed by atoms with E-state index in [4.69, 9.17) is 0 Å². The minimum Gasteiger partial charge on any atom is -0.0683 e. The van der Waals surface area contributed by atoms with Gasteiger partial charge in [-0.1, -0.05) is 76.3 Å². The van der Waals surface area contributed by atoms with Gasteiger partial charge in [0, 0.05) is 0 Å². The Balaban J connectivity index is 0.000000606. The van der Waals surface area contributed by atoms with Crippen LogP contribution < -0.4 is 0 Å². The predicted molar refractivity (Wildman–Crippen MR) is 72.7 cm³/mol. The molecule has 1 aliphatic rings. The zero-order valence-corrected chi connectivity index (χ0v) is 10.9. The first-order valence-electron chi connectivity index (χ1n) is 6.99. The van der Waals surface area contributed by atoms with Crippen molar-refractivity contribution < 1.29 is 0 Å². The average Bonchev–Trinajstić information content (AvgIpc) is 2.41. The van der Waals surface area contributed by atoms with Crippen LogP contribution in [0.5, 0.6) is 0 Å². The summed E-state index contributed by atoms with van der Waals surface area (Å²) >= 11 is 0. The lowest BCUT2D eigenvalue weighted by Crippen LogP contribution is -2.07. The maximum Gasteiger partial charge on any atom is -0.0276 e. The molecule has 0 aromatic heterocycles. The van der Waals surface area contributed by atoms with Crippen molar-refractivity contribution in [3.05, 3.63) is 35.9 Å². The summed E-state index contributed by atoms with van der Waals surface area (Å²) in [6, 6.07) is 10.9. The second kappa shape index (κ2) is 8.38. The first-order valence-corrected chi connectivity index (χ1v) is 6.99. The zero-order chi connectivity index (χ0) is 11.6. The van der Waals surface area contributed by atoms with Crippen LogP contribution in [0.1, 0.15) is 57.9 Å². The second-order valence-electron chi connectivity index (χ2n) is 4.53. The molecule has 0 spiro atoms. The summed E-state index contributed by atoms with van der Waals surface area (Å²) in [7, 11) is 0. The van der Waals surface area contributed by atoms with Gasteiger partial charge >= 0.3 is 0 Å². The molecule has 0 N–H and O–H groups in total. The van der Waals surface area contributed by atoms with E-state index in [0.29, 0.717) is 0 Å². The molecule has 0 aliphatic heterocycles. The molecular formula is C16H26. The van der Waals surface area contributed by atoms with E-state index in [1.807, 2.05) is 13.8 Å². The molecule has 2 rings (SSSR count). The second-order valence-corrected chi connectivity index (χ2v) is 4.53. The van der Waals surface area contributed by atoms with Gasteiger partial charge in [-0.2, -0.15) is 0 Å². The molecular weight excluding hydrogens is 192 g/mol. The number of hydrogen-bond acceptors (Lipinski definition) is 0. The Hall–Kier alpha value is -0.780. The molecule has 0 radical (unpaired) electrons. The molecule has 1 fully saturated rings. The topological polar surface area (TPSA) is 0 Å². The predicted octanol–water partition coefficient (Wildman–Crippen LogP) is 5.23. The van der Waals surface area contributed by atoms with E-state index < -0.39 is 0 Å². The first kappa shape index (κ1) is 13.3. The molecule has 0 bridgehead atoms. The summed E-state index contributed by atoms with van der Waals surface area (Å²) in [5.74, 6) is 1.02. The SMILES string of the molecule is CC.c1ccc(CCC2CCCCC2)cc1. The Morgan fingerprint density at radius 3 is 2.19 bits per heavy atom. The fourth-order valence-corrected chi connectivity index (χ4v) is 2.49. The minimum atomic E-state index is 1.02. The smallest absolute Gasteiger partial charge is 0.0276 e. The normalized spacial score (nSPS) is 16.4. The van der Waals surface area contributed by atoms with Gasteiger partial charge in [0.25, 0.3) is 0 Å². The van der Waals surface area contributed by atoms with Crippen molar-refractivity contribution in [3.8, 4) is 0 Å². The van der Waals surface area contributed by atoms with Gasteiger partial charge in [-0.15, -0.1) is 0 Å². The number of benzene rings is 1. The van der Waals surface area contributed by atoms with Crippen molar-refractivity contribution in [2.45, 2.75) is 58.8 Å². The van der Waals surface area contributed by atoms with Gasteiger partial charge in [-0.25, -0.2) is 0 Å². The highest BCUT2D eigenvalue weighted by molar-refractivity contribution is 5.14. The Labute approximate surface area is 101 Å². The van der Waals surface area contributed by atoms with Gasteiger partial charge in [0.1, 0.15) is 0 Å². The third-order valence-corrected chi connectivity index (χ3v) is 3.41. The maximum absolute atomic E-state index is 2.25. The molecule has 0 heteroatoms. The van der Waals surface area contributed by atoms with Crippen molar-refractivity contribution >= 4 is 0 Å². The van der Waals surface area contributed by atoms with E-state index in [9.17, 15) is 0 Å². The molecule has 16 heavy (non-hydrogen) atoms. The quantitative estimate of drug-likeness (QED) is 0.652. The van der Waals surface area contributed by atoms with Gasteiger partial charge in [-0.3, -0.25) is 0 Å². The van der Waals surface area contributed by atoms with Crippen LogP contribution in [-0.2, 0) is 6.42 Å². The van der Waals surface area contributed by atoms with E-state index in [1.165, 1.54) is 50.5 Å². The van der Waals surface area contributed by atoms with Crippen LogP contribution in [0.4, 0.5) is 0 Å². The van der Waals surface area contributed by atoms with Crippen molar-refractivity contribution in [1.29, 1.82) is 0 Å². The lowest BCUT2D eigenvalue weighted by molar-refractivity contribution is 0.339. The van der Waals surface area contributed by atoms with Crippen LogP contribution in [0.15, 0.2) is 30.3 Å². The van der Waals surface area contributed by atoms with Gasteiger partial charge in [0.2, 0.25) is 0 Å². The molecule has 1 aromatic rings. The molecule has 0 amide bonds. The van der Waals surface area contributed by atoms with Crippen LogP contribution in [0, 0.1) is 5.92 Å². The van der Waals surface area contributed by atoms with Crippen molar-refractivity contribution in [2.75, 3.05) is 0 Å². The monoisotopic (exact) mass is 218 g/mol. The highest BCUT2D eigenvalue weighted by Gasteiger charge is 2.12. The fourth-order valence-electron chi connectivity index (χ4n) is 2.49. The molecule has 0 nitrogen and oxygen atoms in total. The zero-order valence-electron chi connectivity index (χ0n) is 10.9. The average molecular weight is 218 g/mol. The Kier molecular flexibility index (Phi) is 6.96. The molecule has 0 saturated heterocycles. The molecule has 90 valence electrons. The van der Waals surface area contributed by atoms with Crippen LogP contribution >= 0.6 is 0 Å². The summed E-state index contributed by atoms with van der Waals surface area (Å²) in [5, 5.41) is 0. The fraction of sp³-hybridized carbons (Fsp3) is 0.625. The lowest BCUT2D eigenvalue weighted by atomic mass is 9.85. The summed E-state index contributed by atoms with van der Waals surface area (Å²) in [5.41, 5.74) is 1.51. The Morgan fingerprint density at radius 2 is 1.56 bits per heavy atom. The third-order valence-electron chi connectivity index (χ3n) is 3.41. The van der Waals surface area contributed by atoms with Gasteiger partial charge in [-0.05, 0) is 24.3 Å². The summed E-state index contributed by atoms with van der Waals surface area (Å²) in [4.78, 5) is 0. The van der Waals surface area contributed by atoms with Crippen molar-refractivity contribution in [2.24, 2.45) is 5.92 Å². The molecule has 1 aromatic carbocycles. The van der Waals surface area contributed by atoms with E-state index >= 15 is 0 Å². The maximum atomic E-state index is 2.25. The Bertz CT molecular complexity index is 244. The summed E-state index contributed by atoms with van der Waals surface area (Å²) < 4.78 is 0.